The maximum Gasteiger partial charge on any atom is 0.338 e. The van der Waals surface area contributed by atoms with Crippen LogP contribution in [0.5, 0.6) is 0 Å². The highest BCUT2D eigenvalue weighted by Gasteiger charge is 2.21. The first kappa shape index (κ1) is 19.8. The molecule has 0 unspecified atom stereocenters. The van der Waals surface area contributed by atoms with Gasteiger partial charge in [-0.3, -0.25) is 4.28 Å². The highest BCUT2D eigenvalue weighted by Crippen LogP contribution is 2.35. The maximum absolute atomic E-state index is 11.9. The third kappa shape index (κ3) is 4.74. The van der Waals surface area contributed by atoms with Crippen molar-refractivity contribution >= 4 is 38.5 Å². The molecule has 0 saturated heterocycles. The molecule has 0 amide bonds. The van der Waals surface area contributed by atoms with Gasteiger partial charge in [0, 0.05) is 10.5 Å². The summed E-state index contributed by atoms with van der Waals surface area (Å²) in [5, 5.41) is 13.5. The second kappa shape index (κ2) is 8.69. The Hall–Kier alpha value is -2.57. The van der Waals surface area contributed by atoms with Gasteiger partial charge in [0.25, 0.3) is 0 Å². The lowest BCUT2D eigenvalue weighted by Crippen LogP contribution is -2.07. The maximum atomic E-state index is 11.9. The van der Waals surface area contributed by atoms with Gasteiger partial charge in [-0.25, -0.2) is 4.79 Å². The van der Waals surface area contributed by atoms with Gasteiger partial charge in [0.05, 0.1) is 24.0 Å². The van der Waals surface area contributed by atoms with Gasteiger partial charge in [0.2, 0.25) is 0 Å². The minimum atomic E-state index is -3.71. The first-order valence-electron chi connectivity index (χ1n) is 7.59. The van der Waals surface area contributed by atoms with Crippen LogP contribution in [0.2, 0.25) is 0 Å². The number of allylic oxidation sites excluding steroid dienone is 2. The van der Waals surface area contributed by atoms with Crippen LogP contribution in [-0.2, 0) is 19.1 Å². The Kier molecular flexibility index (Phi) is 6.60. The molecule has 26 heavy (non-hydrogen) atoms. The summed E-state index contributed by atoms with van der Waals surface area (Å²) >= 11 is 1.08. The summed E-state index contributed by atoms with van der Waals surface area (Å²) in [6.45, 7) is 1.72. The molecule has 0 N–H and O–H groups in total. The molecule has 0 atom stereocenters. The first-order valence-corrected chi connectivity index (χ1v) is 9.98. The van der Waals surface area contributed by atoms with Gasteiger partial charge < -0.3 is 4.74 Å². The largest absolute Gasteiger partial charge is 0.465 e. The van der Waals surface area contributed by atoms with E-state index in [0.29, 0.717) is 21.9 Å². The summed E-state index contributed by atoms with van der Waals surface area (Å²) in [4.78, 5) is 12.4. The molecule has 1 aromatic rings. The fraction of sp³-hybridized carbons (Fsp3) is 0.235. The molecule has 7 nitrogen and oxygen atoms in total. The Morgan fingerprint density at radius 1 is 1.27 bits per heavy atom. The van der Waals surface area contributed by atoms with Gasteiger partial charge in [0.1, 0.15) is 11.1 Å². The molecule has 0 bridgehead atoms. The second-order valence-electron chi connectivity index (χ2n) is 5.09. The summed E-state index contributed by atoms with van der Waals surface area (Å²) < 4.78 is 32.5. The van der Waals surface area contributed by atoms with Crippen molar-refractivity contribution in [2.75, 3.05) is 12.9 Å². The predicted molar refractivity (Wildman–Crippen MR) is 99.6 cm³/mol. The normalized spacial score (nSPS) is 17.0. The van der Waals surface area contributed by atoms with Crippen molar-refractivity contribution in [3.63, 3.8) is 0 Å². The van der Waals surface area contributed by atoms with Crippen LogP contribution in [0.1, 0.15) is 29.3 Å². The van der Waals surface area contributed by atoms with Crippen LogP contribution in [0.15, 0.2) is 46.5 Å². The molecule has 1 aromatic carbocycles. The number of benzene rings is 1. The molecule has 0 saturated carbocycles. The monoisotopic (exact) mass is 392 g/mol. The lowest BCUT2D eigenvalue weighted by atomic mass is 10.00. The van der Waals surface area contributed by atoms with E-state index in [2.05, 4.69) is 15.5 Å². The van der Waals surface area contributed by atoms with Gasteiger partial charge in [0.15, 0.2) is 0 Å². The summed E-state index contributed by atoms with van der Waals surface area (Å²) in [5.74, 6) is -0.680. The summed E-state index contributed by atoms with van der Waals surface area (Å²) in [7, 11) is -2.45. The molecule has 136 valence electrons. The molecular weight excluding hydrogens is 376 g/mol. The van der Waals surface area contributed by atoms with E-state index in [9.17, 15) is 18.5 Å². The second-order valence-corrected chi connectivity index (χ2v) is 7.82. The van der Waals surface area contributed by atoms with Crippen LogP contribution in [0.4, 0.5) is 0 Å². The molecule has 1 aliphatic rings. The van der Waals surface area contributed by atoms with Crippen molar-refractivity contribution in [3.05, 3.63) is 52.4 Å². The average molecular weight is 392 g/mol. The van der Waals surface area contributed by atoms with E-state index < -0.39 is 16.1 Å². The number of oxime groups is 1. The van der Waals surface area contributed by atoms with E-state index >= 15 is 0 Å². The van der Waals surface area contributed by atoms with Crippen molar-refractivity contribution in [2.45, 2.75) is 13.3 Å². The van der Waals surface area contributed by atoms with Crippen LogP contribution in [0, 0.1) is 11.3 Å². The van der Waals surface area contributed by atoms with E-state index in [4.69, 9.17) is 4.74 Å². The van der Waals surface area contributed by atoms with Crippen molar-refractivity contribution in [2.24, 2.45) is 5.16 Å². The summed E-state index contributed by atoms with van der Waals surface area (Å²) in [6, 6.07) is 8.67. The van der Waals surface area contributed by atoms with Gasteiger partial charge in [-0.1, -0.05) is 42.0 Å². The molecule has 0 spiro atoms. The number of thioether (sulfide) groups is 1. The molecule has 0 aromatic heterocycles. The van der Waals surface area contributed by atoms with Gasteiger partial charge >= 0.3 is 16.1 Å². The van der Waals surface area contributed by atoms with E-state index in [1.165, 1.54) is 7.11 Å². The highest BCUT2D eigenvalue weighted by atomic mass is 32.2. The van der Waals surface area contributed by atoms with Crippen molar-refractivity contribution < 1.29 is 22.2 Å². The Morgan fingerprint density at radius 3 is 2.58 bits per heavy atom. The Morgan fingerprint density at radius 2 is 1.96 bits per heavy atom. The minimum Gasteiger partial charge on any atom is -0.465 e. The topological polar surface area (TPSA) is 106 Å². The van der Waals surface area contributed by atoms with Crippen LogP contribution >= 0.6 is 11.8 Å². The van der Waals surface area contributed by atoms with Gasteiger partial charge in [-0.15, -0.1) is 0 Å². The summed E-state index contributed by atoms with van der Waals surface area (Å²) in [5.41, 5.74) is 0.948. The van der Waals surface area contributed by atoms with Crippen LogP contribution in [-0.4, -0.2) is 32.3 Å². The zero-order valence-electron chi connectivity index (χ0n) is 14.1. The van der Waals surface area contributed by atoms with E-state index in [1.54, 1.807) is 43.3 Å². The zero-order chi connectivity index (χ0) is 19.2. The summed E-state index contributed by atoms with van der Waals surface area (Å²) in [6.07, 6.45) is 3.58. The molecule has 9 heteroatoms. The van der Waals surface area contributed by atoms with E-state index in [0.717, 1.165) is 11.8 Å². The van der Waals surface area contributed by atoms with Crippen LogP contribution < -0.4 is 0 Å². The molecule has 1 aliphatic heterocycles. The average Bonchev–Trinajstić information content (AvgIpc) is 3.09. The number of hydrogen-bond acceptors (Lipinski definition) is 8. The quantitative estimate of drug-likeness (QED) is 0.416. The van der Waals surface area contributed by atoms with E-state index in [-0.39, 0.29) is 16.9 Å². The lowest BCUT2D eigenvalue weighted by Gasteiger charge is -2.08. The van der Waals surface area contributed by atoms with Crippen LogP contribution in [0.25, 0.3) is 5.57 Å². The highest BCUT2D eigenvalue weighted by molar-refractivity contribution is 8.18. The third-order valence-electron chi connectivity index (χ3n) is 3.25. The molecule has 2 rings (SSSR count). The number of carbonyl (C=O) groups is 1. The first-order chi connectivity index (χ1) is 12.4. The molecular formula is C17H16N2O5S2. The number of carbonyl (C=O) groups excluding carboxylic acids is 1. The zero-order valence-corrected chi connectivity index (χ0v) is 15.8. The number of rotatable bonds is 6. The smallest absolute Gasteiger partial charge is 0.338 e. The number of nitriles is 1. The SMILES string of the molecule is CCCS(=O)(=O)ON=C1C=CC(=C(C#N)c2ccccc2C(=O)OC)S1. The Bertz CT molecular complexity index is 940. The molecule has 0 radical (unpaired) electrons. The van der Waals surface area contributed by atoms with Crippen molar-refractivity contribution in [1.82, 2.24) is 0 Å². The lowest BCUT2D eigenvalue weighted by molar-refractivity contribution is 0.0600. The van der Waals surface area contributed by atoms with Crippen LogP contribution in [0.3, 0.4) is 0 Å². The van der Waals surface area contributed by atoms with Gasteiger partial charge in [-0.05, 0) is 24.6 Å². The Balaban J connectivity index is 2.33. The van der Waals surface area contributed by atoms with Crippen molar-refractivity contribution in [3.8, 4) is 6.07 Å². The molecule has 0 fully saturated rings. The number of hydrogen-bond donors (Lipinski definition) is 0. The third-order valence-corrected chi connectivity index (χ3v) is 5.44. The fourth-order valence-corrected chi connectivity index (χ4v) is 3.77. The number of methoxy groups -OCH3 is 1. The molecule has 1 heterocycles. The Labute approximate surface area is 156 Å². The standard InChI is InChI=1S/C17H16N2O5S2/c1-3-10-26(21,22)24-19-16-9-8-15(25-16)14(11-18)12-6-4-5-7-13(12)17(20)23-2/h4-9H,3,10H2,1-2H3. The number of nitrogens with zero attached hydrogens (tertiary/aromatic N) is 2. The number of ether oxygens (including phenoxy) is 1. The van der Waals surface area contributed by atoms with E-state index in [1.807, 2.05) is 0 Å². The molecule has 0 aliphatic carbocycles. The van der Waals surface area contributed by atoms with Gasteiger partial charge in [-0.2, -0.15) is 13.7 Å². The van der Waals surface area contributed by atoms with Crippen molar-refractivity contribution in [1.29, 1.82) is 5.26 Å². The predicted octanol–water partition coefficient (Wildman–Crippen LogP) is 3.08. The number of esters is 1. The fourth-order valence-electron chi connectivity index (χ4n) is 2.13. The minimum absolute atomic E-state index is 0.128.